The minimum Gasteiger partial charge on any atom is -0.508 e. The van der Waals surface area contributed by atoms with Gasteiger partial charge in [-0.2, -0.15) is 0 Å². The molecule has 112 valence electrons. The third kappa shape index (κ3) is 4.91. The van der Waals surface area contributed by atoms with Gasteiger partial charge in [-0.3, -0.25) is 0 Å². The first-order valence-electron chi connectivity index (χ1n) is 7.65. The van der Waals surface area contributed by atoms with E-state index in [0.29, 0.717) is 17.8 Å². The van der Waals surface area contributed by atoms with Gasteiger partial charge in [-0.05, 0) is 56.9 Å². The van der Waals surface area contributed by atoms with Crippen LogP contribution in [0.2, 0.25) is 0 Å². The van der Waals surface area contributed by atoms with E-state index in [4.69, 9.17) is 0 Å². The molecule has 0 aromatic heterocycles. The van der Waals surface area contributed by atoms with Gasteiger partial charge in [0.05, 0.1) is 0 Å². The standard InChI is InChI=1S/C19H25NO/c1-14-4-10-18(11-5-14)16(3)20-15(2)6-7-17-8-12-19(21)13-9-17/h4-5,8-13,15-16,20-21H,6-7H2,1-3H3. The second kappa shape index (κ2) is 7.28. The first-order valence-corrected chi connectivity index (χ1v) is 7.65. The van der Waals surface area contributed by atoms with Gasteiger partial charge in [0, 0.05) is 12.1 Å². The molecule has 0 bridgehead atoms. The summed E-state index contributed by atoms with van der Waals surface area (Å²) in [7, 11) is 0. The maximum Gasteiger partial charge on any atom is 0.115 e. The van der Waals surface area contributed by atoms with Gasteiger partial charge in [0.25, 0.3) is 0 Å². The lowest BCUT2D eigenvalue weighted by molar-refractivity contribution is 0.456. The summed E-state index contributed by atoms with van der Waals surface area (Å²) in [5, 5.41) is 12.9. The van der Waals surface area contributed by atoms with Crippen LogP contribution in [0, 0.1) is 6.92 Å². The fraction of sp³-hybridized carbons (Fsp3) is 0.368. The molecule has 0 spiro atoms. The molecule has 2 nitrogen and oxygen atoms in total. The quantitative estimate of drug-likeness (QED) is 0.825. The van der Waals surface area contributed by atoms with E-state index < -0.39 is 0 Å². The summed E-state index contributed by atoms with van der Waals surface area (Å²) in [5.41, 5.74) is 3.90. The molecule has 0 amide bonds. The molecule has 0 aliphatic rings. The minimum atomic E-state index is 0.331. The highest BCUT2D eigenvalue weighted by atomic mass is 16.3. The van der Waals surface area contributed by atoms with Crippen LogP contribution in [0.5, 0.6) is 5.75 Å². The van der Waals surface area contributed by atoms with Gasteiger partial charge in [-0.25, -0.2) is 0 Å². The number of aromatic hydroxyl groups is 1. The Morgan fingerprint density at radius 2 is 1.57 bits per heavy atom. The van der Waals surface area contributed by atoms with E-state index >= 15 is 0 Å². The lowest BCUT2D eigenvalue weighted by atomic mass is 10.0. The molecular weight excluding hydrogens is 258 g/mol. The fourth-order valence-corrected chi connectivity index (χ4v) is 2.51. The van der Waals surface area contributed by atoms with Crippen molar-refractivity contribution >= 4 is 0 Å². The van der Waals surface area contributed by atoms with E-state index in [0.717, 1.165) is 12.8 Å². The molecule has 0 aliphatic heterocycles. The van der Waals surface area contributed by atoms with Crippen molar-refractivity contribution in [2.24, 2.45) is 0 Å². The van der Waals surface area contributed by atoms with Crippen molar-refractivity contribution in [1.29, 1.82) is 0 Å². The molecule has 0 saturated heterocycles. The van der Waals surface area contributed by atoms with Crippen molar-refractivity contribution in [3.8, 4) is 5.75 Å². The van der Waals surface area contributed by atoms with Crippen LogP contribution < -0.4 is 5.32 Å². The zero-order valence-electron chi connectivity index (χ0n) is 13.1. The molecular formula is C19H25NO. The minimum absolute atomic E-state index is 0.331. The summed E-state index contributed by atoms with van der Waals surface area (Å²) in [4.78, 5) is 0. The van der Waals surface area contributed by atoms with Crippen molar-refractivity contribution in [3.05, 3.63) is 65.2 Å². The topological polar surface area (TPSA) is 32.3 Å². The zero-order chi connectivity index (χ0) is 15.2. The lowest BCUT2D eigenvalue weighted by Crippen LogP contribution is -2.29. The summed E-state index contributed by atoms with van der Waals surface area (Å²) in [6.45, 7) is 6.55. The number of benzene rings is 2. The van der Waals surface area contributed by atoms with Gasteiger partial charge in [0.15, 0.2) is 0 Å². The largest absolute Gasteiger partial charge is 0.508 e. The monoisotopic (exact) mass is 283 g/mol. The summed E-state index contributed by atoms with van der Waals surface area (Å²) in [6.07, 6.45) is 2.11. The number of rotatable bonds is 6. The van der Waals surface area contributed by atoms with Crippen molar-refractivity contribution in [1.82, 2.24) is 5.32 Å². The predicted molar refractivity (Wildman–Crippen MR) is 88.6 cm³/mol. The summed E-state index contributed by atoms with van der Waals surface area (Å²) < 4.78 is 0. The van der Waals surface area contributed by atoms with Gasteiger partial charge < -0.3 is 10.4 Å². The Labute approximate surface area is 127 Å². The average molecular weight is 283 g/mol. The van der Waals surface area contributed by atoms with Crippen LogP contribution in [-0.4, -0.2) is 11.1 Å². The molecule has 0 radical (unpaired) electrons. The predicted octanol–water partition coefficient (Wildman–Crippen LogP) is 4.37. The summed E-state index contributed by atoms with van der Waals surface area (Å²) in [6, 6.07) is 17.0. The fourth-order valence-electron chi connectivity index (χ4n) is 2.51. The molecule has 0 aliphatic carbocycles. The first kappa shape index (κ1) is 15.6. The summed E-state index contributed by atoms with van der Waals surface area (Å²) >= 11 is 0. The molecule has 2 N–H and O–H groups in total. The van der Waals surface area contributed by atoms with Gasteiger partial charge in [-0.1, -0.05) is 42.0 Å². The molecule has 21 heavy (non-hydrogen) atoms. The van der Waals surface area contributed by atoms with E-state index in [2.05, 4.69) is 50.4 Å². The highest BCUT2D eigenvalue weighted by molar-refractivity contribution is 5.26. The smallest absolute Gasteiger partial charge is 0.115 e. The Morgan fingerprint density at radius 3 is 2.19 bits per heavy atom. The van der Waals surface area contributed by atoms with E-state index in [1.165, 1.54) is 16.7 Å². The summed E-state index contributed by atoms with van der Waals surface area (Å²) in [5.74, 6) is 0.331. The number of phenolic OH excluding ortho intramolecular Hbond substituents is 1. The van der Waals surface area contributed by atoms with Crippen LogP contribution in [0.1, 0.15) is 43.0 Å². The van der Waals surface area contributed by atoms with Crippen molar-refractivity contribution in [2.45, 2.75) is 45.7 Å². The number of nitrogens with one attached hydrogen (secondary N) is 1. The van der Waals surface area contributed by atoms with Crippen LogP contribution in [-0.2, 0) is 6.42 Å². The highest BCUT2D eigenvalue weighted by Crippen LogP contribution is 2.16. The van der Waals surface area contributed by atoms with Crippen LogP contribution in [0.4, 0.5) is 0 Å². The van der Waals surface area contributed by atoms with Crippen molar-refractivity contribution in [3.63, 3.8) is 0 Å². The molecule has 2 aromatic carbocycles. The van der Waals surface area contributed by atoms with Crippen LogP contribution in [0.15, 0.2) is 48.5 Å². The maximum absolute atomic E-state index is 9.29. The normalized spacial score (nSPS) is 13.9. The molecule has 0 saturated carbocycles. The number of hydrogen-bond donors (Lipinski definition) is 2. The van der Waals surface area contributed by atoms with Gasteiger partial charge in [-0.15, -0.1) is 0 Å². The number of aryl methyl sites for hydroxylation is 2. The second-order valence-electron chi connectivity index (χ2n) is 5.91. The molecule has 0 heterocycles. The van der Waals surface area contributed by atoms with E-state index in [-0.39, 0.29) is 0 Å². The number of phenols is 1. The van der Waals surface area contributed by atoms with Crippen molar-refractivity contribution in [2.75, 3.05) is 0 Å². The van der Waals surface area contributed by atoms with E-state index in [9.17, 15) is 5.11 Å². The van der Waals surface area contributed by atoms with Gasteiger partial charge in [0.2, 0.25) is 0 Å². The number of hydrogen-bond acceptors (Lipinski definition) is 2. The van der Waals surface area contributed by atoms with Gasteiger partial charge >= 0.3 is 0 Å². The third-order valence-electron chi connectivity index (χ3n) is 3.91. The Hall–Kier alpha value is -1.80. The van der Waals surface area contributed by atoms with E-state index in [1.807, 2.05) is 12.1 Å². The highest BCUT2D eigenvalue weighted by Gasteiger charge is 2.09. The van der Waals surface area contributed by atoms with Crippen molar-refractivity contribution < 1.29 is 5.11 Å². The Kier molecular flexibility index (Phi) is 5.40. The SMILES string of the molecule is Cc1ccc(C(C)NC(C)CCc2ccc(O)cc2)cc1. The van der Waals surface area contributed by atoms with Crippen LogP contribution in [0.3, 0.4) is 0 Å². The molecule has 2 heteroatoms. The second-order valence-corrected chi connectivity index (χ2v) is 5.91. The first-order chi connectivity index (χ1) is 10.0. The van der Waals surface area contributed by atoms with Crippen LogP contribution in [0.25, 0.3) is 0 Å². The Balaban J connectivity index is 1.82. The molecule has 2 unspecified atom stereocenters. The Morgan fingerprint density at radius 1 is 0.952 bits per heavy atom. The molecule has 2 atom stereocenters. The van der Waals surface area contributed by atoms with Crippen LogP contribution >= 0.6 is 0 Å². The zero-order valence-corrected chi connectivity index (χ0v) is 13.1. The third-order valence-corrected chi connectivity index (χ3v) is 3.91. The average Bonchev–Trinajstić information content (AvgIpc) is 2.47. The molecule has 2 aromatic rings. The lowest BCUT2D eigenvalue weighted by Gasteiger charge is -2.20. The maximum atomic E-state index is 9.29. The van der Waals surface area contributed by atoms with Gasteiger partial charge in [0.1, 0.15) is 5.75 Å². The molecule has 0 fully saturated rings. The Bertz CT molecular complexity index is 545. The molecule has 2 rings (SSSR count). The van der Waals surface area contributed by atoms with E-state index in [1.54, 1.807) is 12.1 Å².